The fourth-order valence-electron chi connectivity index (χ4n) is 4.90. The molecule has 2 fully saturated rings. The molecule has 0 bridgehead atoms. The molecule has 7 nitrogen and oxygen atoms in total. The Morgan fingerprint density at radius 3 is 2.77 bits per heavy atom. The molecule has 0 saturated heterocycles. The normalized spacial score (nSPS) is 22.5. The Balaban J connectivity index is 1.50. The molecule has 2 saturated carbocycles. The summed E-state index contributed by atoms with van der Waals surface area (Å²) < 4.78 is 33.1. The Morgan fingerprint density at radius 1 is 1.26 bits per heavy atom. The van der Waals surface area contributed by atoms with Gasteiger partial charge in [-0.05, 0) is 69.1 Å². The maximum atomic E-state index is 13.5. The first-order chi connectivity index (χ1) is 16.8. The number of carbonyl (C=O) groups is 1. The number of nitrogens with two attached hydrogens (primary N) is 1. The van der Waals surface area contributed by atoms with Crippen LogP contribution in [0.1, 0.15) is 67.1 Å². The van der Waals surface area contributed by atoms with Gasteiger partial charge in [0.15, 0.2) is 0 Å². The van der Waals surface area contributed by atoms with Crippen LogP contribution in [-0.4, -0.2) is 39.5 Å². The van der Waals surface area contributed by atoms with Crippen molar-refractivity contribution in [2.75, 3.05) is 6.61 Å². The number of carbonyl (C=O) groups excluding carboxylic acids is 1. The molecular formula is C26H31F2N5O2. The van der Waals surface area contributed by atoms with Crippen LogP contribution in [0.4, 0.5) is 8.78 Å². The quantitative estimate of drug-likeness (QED) is 0.443. The van der Waals surface area contributed by atoms with Crippen LogP contribution in [0.3, 0.4) is 0 Å². The number of aryl methyl sites for hydroxylation is 1. The van der Waals surface area contributed by atoms with Gasteiger partial charge < -0.3 is 20.8 Å². The molecule has 186 valence electrons. The summed E-state index contributed by atoms with van der Waals surface area (Å²) in [7, 11) is 0. The molecular weight excluding hydrogens is 452 g/mol. The van der Waals surface area contributed by atoms with E-state index in [-0.39, 0.29) is 23.6 Å². The Kier molecular flexibility index (Phi) is 6.44. The third-order valence-electron chi connectivity index (χ3n) is 7.25. The summed E-state index contributed by atoms with van der Waals surface area (Å²) >= 11 is 0. The lowest BCUT2D eigenvalue weighted by Crippen LogP contribution is -2.44. The number of nitrogens with zero attached hydrogens (tertiary/aromatic N) is 2. The zero-order chi connectivity index (χ0) is 24.7. The van der Waals surface area contributed by atoms with E-state index < -0.39 is 6.43 Å². The van der Waals surface area contributed by atoms with Crippen LogP contribution >= 0.6 is 0 Å². The summed E-state index contributed by atoms with van der Waals surface area (Å²) in [5.74, 6) is 1.12. The van der Waals surface area contributed by atoms with E-state index in [1.807, 2.05) is 0 Å². The molecule has 3 unspecified atom stereocenters. The summed E-state index contributed by atoms with van der Waals surface area (Å²) in [5, 5.41) is 3.14. The Hall–Kier alpha value is -3.07. The Morgan fingerprint density at radius 2 is 2.06 bits per heavy atom. The van der Waals surface area contributed by atoms with Crippen LogP contribution in [0.5, 0.6) is 5.75 Å². The fourth-order valence-corrected chi connectivity index (χ4v) is 4.90. The van der Waals surface area contributed by atoms with E-state index in [1.54, 1.807) is 13.0 Å². The summed E-state index contributed by atoms with van der Waals surface area (Å²) in [6.45, 7) is 4.45. The molecule has 0 aliphatic heterocycles. The lowest BCUT2D eigenvalue weighted by Gasteiger charge is -2.32. The first-order valence-electron chi connectivity index (χ1n) is 12.3. The van der Waals surface area contributed by atoms with Gasteiger partial charge in [-0.25, -0.2) is 18.7 Å². The molecule has 1 amide bonds. The Bertz CT molecular complexity index is 1240. The minimum Gasteiger partial charge on any atom is -0.493 e. The Labute approximate surface area is 202 Å². The summed E-state index contributed by atoms with van der Waals surface area (Å²) in [6.07, 6.45) is 3.50. The number of benzene rings is 1. The van der Waals surface area contributed by atoms with Gasteiger partial charge in [0.25, 0.3) is 12.3 Å². The molecule has 2 aliphatic rings. The maximum absolute atomic E-state index is 13.5. The highest BCUT2D eigenvalue weighted by molar-refractivity contribution is 6.09. The average Bonchev–Trinajstić information content (AvgIpc) is 3.59. The third-order valence-corrected chi connectivity index (χ3v) is 7.25. The largest absolute Gasteiger partial charge is 0.493 e. The SMILES string of the molecule is Cc1[nH]c2c(-c3cc(C(F)F)ccc3OCC3CC3)ncnc2c1C(=O)NC1CCC(N)C(C)C1. The van der Waals surface area contributed by atoms with Crippen molar-refractivity contribution in [3.05, 3.63) is 41.3 Å². The van der Waals surface area contributed by atoms with Gasteiger partial charge in [0.1, 0.15) is 23.3 Å². The van der Waals surface area contributed by atoms with Crippen LogP contribution in [0.15, 0.2) is 24.5 Å². The van der Waals surface area contributed by atoms with E-state index in [9.17, 15) is 13.6 Å². The first kappa shape index (κ1) is 23.7. The van der Waals surface area contributed by atoms with Gasteiger partial charge >= 0.3 is 0 Å². The van der Waals surface area contributed by atoms with E-state index in [0.29, 0.717) is 57.7 Å². The molecule has 0 spiro atoms. The number of ether oxygens (including phenoxy) is 1. The molecule has 0 radical (unpaired) electrons. The van der Waals surface area contributed by atoms with Crippen molar-refractivity contribution in [2.24, 2.45) is 17.6 Å². The van der Waals surface area contributed by atoms with Crippen molar-refractivity contribution in [3.63, 3.8) is 0 Å². The second-order valence-electron chi connectivity index (χ2n) is 10.0. The molecule has 3 aromatic rings. The molecule has 2 heterocycles. The highest BCUT2D eigenvalue weighted by atomic mass is 19.3. The van der Waals surface area contributed by atoms with Crippen molar-refractivity contribution in [2.45, 2.75) is 64.5 Å². The predicted octanol–water partition coefficient (Wildman–Crippen LogP) is 4.91. The lowest BCUT2D eigenvalue weighted by molar-refractivity contribution is 0.0918. The number of amides is 1. The number of hydrogen-bond donors (Lipinski definition) is 3. The first-order valence-corrected chi connectivity index (χ1v) is 12.3. The van der Waals surface area contributed by atoms with Crippen LogP contribution < -0.4 is 15.8 Å². The van der Waals surface area contributed by atoms with E-state index >= 15 is 0 Å². The minimum absolute atomic E-state index is 0.0492. The van der Waals surface area contributed by atoms with Crippen molar-refractivity contribution >= 4 is 16.9 Å². The van der Waals surface area contributed by atoms with Crippen molar-refractivity contribution in [1.29, 1.82) is 0 Å². The highest BCUT2D eigenvalue weighted by Crippen LogP contribution is 2.38. The van der Waals surface area contributed by atoms with E-state index in [2.05, 4.69) is 27.2 Å². The molecule has 9 heteroatoms. The van der Waals surface area contributed by atoms with Crippen LogP contribution in [0.25, 0.3) is 22.3 Å². The zero-order valence-electron chi connectivity index (χ0n) is 20.0. The maximum Gasteiger partial charge on any atom is 0.263 e. The van der Waals surface area contributed by atoms with Crippen LogP contribution in [0, 0.1) is 18.8 Å². The number of halogens is 2. The van der Waals surface area contributed by atoms with Crippen molar-refractivity contribution in [1.82, 2.24) is 20.3 Å². The standard InChI is InChI=1S/C26H31F2N5O2/c1-13-9-17(6-7-19(13)29)33-26(34)21-14(2)32-24-22(30-12-31-23(21)24)18-10-16(25(27)28)5-8-20(18)35-11-15-3-4-15/h5,8,10,12-13,15,17,19,25,32H,3-4,6-7,9,11,29H2,1-2H3,(H,33,34). The number of rotatable bonds is 7. The summed E-state index contributed by atoms with van der Waals surface area (Å²) in [6, 6.07) is 4.58. The number of aromatic nitrogens is 3. The van der Waals surface area contributed by atoms with Crippen molar-refractivity contribution in [3.8, 4) is 17.0 Å². The molecule has 2 aliphatic carbocycles. The second-order valence-corrected chi connectivity index (χ2v) is 10.0. The topological polar surface area (TPSA) is 106 Å². The average molecular weight is 484 g/mol. The number of hydrogen-bond acceptors (Lipinski definition) is 5. The van der Waals surface area contributed by atoms with E-state index in [4.69, 9.17) is 10.5 Å². The zero-order valence-corrected chi connectivity index (χ0v) is 20.0. The summed E-state index contributed by atoms with van der Waals surface area (Å²) in [5.41, 5.74) is 8.97. The molecule has 1 aromatic carbocycles. The number of alkyl halides is 2. The highest BCUT2D eigenvalue weighted by Gasteiger charge is 2.29. The minimum atomic E-state index is -2.62. The lowest BCUT2D eigenvalue weighted by atomic mass is 9.83. The van der Waals surface area contributed by atoms with E-state index in [1.165, 1.54) is 18.5 Å². The van der Waals surface area contributed by atoms with E-state index in [0.717, 1.165) is 32.1 Å². The number of H-pyrrole nitrogens is 1. The number of fused-ring (bicyclic) bond motifs is 1. The van der Waals surface area contributed by atoms with Gasteiger partial charge in [0, 0.05) is 28.9 Å². The molecule has 4 N–H and O–H groups in total. The van der Waals surface area contributed by atoms with Gasteiger partial charge in [-0.2, -0.15) is 0 Å². The molecule has 35 heavy (non-hydrogen) atoms. The molecule has 3 atom stereocenters. The van der Waals surface area contributed by atoms with Gasteiger partial charge in [-0.1, -0.05) is 6.92 Å². The predicted molar refractivity (Wildman–Crippen MR) is 129 cm³/mol. The number of nitrogens with one attached hydrogen (secondary N) is 2. The van der Waals surface area contributed by atoms with Gasteiger partial charge in [-0.15, -0.1) is 0 Å². The monoisotopic (exact) mass is 483 g/mol. The fraction of sp³-hybridized carbons (Fsp3) is 0.500. The van der Waals surface area contributed by atoms with Gasteiger partial charge in [0.2, 0.25) is 0 Å². The molecule has 2 aromatic heterocycles. The number of aromatic amines is 1. The molecule has 5 rings (SSSR count). The van der Waals surface area contributed by atoms with Crippen LogP contribution in [0.2, 0.25) is 0 Å². The van der Waals surface area contributed by atoms with Gasteiger partial charge in [-0.3, -0.25) is 4.79 Å². The second kappa shape index (κ2) is 9.53. The summed E-state index contributed by atoms with van der Waals surface area (Å²) in [4.78, 5) is 25.3. The smallest absolute Gasteiger partial charge is 0.263 e. The third kappa shape index (κ3) is 4.87. The van der Waals surface area contributed by atoms with Crippen LogP contribution in [-0.2, 0) is 0 Å². The van der Waals surface area contributed by atoms with Crippen molar-refractivity contribution < 1.29 is 18.3 Å². The van der Waals surface area contributed by atoms with Gasteiger partial charge in [0.05, 0.1) is 17.7 Å².